The lowest BCUT2D eigenvalue weighted by atomic mass is 10.0. The van der Waals surface area contributed by atoms with E-state index in [4.69, 9.17) is 11.6 Å². The summed E-state index contributed by atoms with van der Waals surface area (Å²) in [6, 6.07) is 3.02. The Balaban J connectivity index is 2.11. The van der Waals surface area contributed by atoms with Crippen molar-refractivity contribution in [3.8, 4) is 0 Å². The summed E-state index contributed by atoms with van der Waals surface area (Å²) in [6.45, 7) is 9.05. The number of nitrogens with one attached hydrogen (secondary N) is 1. The van der Waals surface area contributed by atoms with Crippen molar-refractivity contribution in [3.05, 3.63) is 23.5 Å². The molecular weight excluding hydrogens is 284 g/mol. The maximum Gasteiger partial charge on any atom is 0.243 e. The van der Waals surface area contributed by atoms with E-state index >= 15 is 0 Å². The summed E-state index contributed by atoms with van der Waals surface area (Å²) in [5.41, 5.74) is 0.294. The summed E-state index contributed by atoms with van der Waals surface area (Å²) in [5, 5.41) is 0.00400. The molecule has 0 bridgehead atoms. The Kier molecular flexibility index (Phi) is 3.44. The fourth-order valence-corrected chi connectivity index (χ4v) is 4.18. The first-order valence-corrected chi connectivity index (χ1v) is 8.07. The molecule has 106 valence electrons. The number of hydrogen-bond acceptors (Lipinski definition) is 3. The van der Waals surface area contributed by atoms with Crippen molar-refractivity contribution in [2.75, 3.05) is 6.54 Å². The Hall–Kier alpha value is -0.650. The number of sulfonamides is 1. The molecule has 0 aromatic carbocycles. The standard InChI is InChI=1S/C13H19ClN2O2S/c1-12(2)10(13(12,3)4)8-16-19(17,18)9-6-5-7-15-11(9)14/h5-7,10,16H,8H2,1-4H3. The van der Waals surface area contributed by atoms with E-state index in [0.717, 1.165) is 0 Å². The smallest absolute Gasteiger partial charge is 0.243 e. The number of halogens is 1. The highest BCUT2D eigenvalue weighted by molar-refractivity contribution is 7.89. The molecule has 0 unspecified atom stereocenters. The summed E-state index contributed by atoms with van der Waals surface area (Å²) in [4.78, 5) is 3.83. The van der Waals surface area contributed by atoms with Crippen LogP contribution < -0.4 is 4.72 Å². The van der Waals surface area contributed by atoms with Gasteiger partial charge in [-0.3, -0.25) is 0 Å². The maximum atomic E-state index is 12.2. The van der Waals surface area contributed by atoms with Gasteiger partial charge in [-0.1, -0.05) is 39.3 Å². The molecule has 1 N–H and O–H groups in total. The van der Waals surface area contributed by atoms with E-state index in [-0.39, 0.29) is 20.9 Å². The summed E-state index contributed by atoms with van der Waals surface area (Å²) in [7, 11) is -3.59. The van der Waals surface area contributed by atoms with Crippen LogP contribution in [0.25, 0.3) is 0 Å². The topological polar surface area (TPSA) is 59.1 Å². The van der Waals surface area contributed by atoms with Crippen LogP contribution in [0, 0.1) is 16.7 Å². The zero-order valence-corrected chi connectivity index (χ0v) is 13.1. The minimum atomic E-state index is -3.59. The molecule has 0 saturated heterocycles. The zero-order chi connectivity index (χ0) is 14.5. The molecule has 1 aliphatic rings. The Bertz CT molecular complexity index is 582. The monoisotopic (exact) mass is 302 g/mol. The molecule has 0 radical (unpaired) electrons. The summed E-state index contributed by atoms with van der Waals surface area (Å²) < 4.78 is 27.0. The molecule has 1 fully saturated rings. The van der Waals surface area contributed by atoms with Crippen LogP contribution in [0.5, 0.6) is 0 Å². The summed E-state index contributed by atoms with van der Waals surface area (Å²) in [6.07, 6.45) is 1.47. The predicted molar refractivity (Wildman–Crippen MR) is 75.5 cm³/mol. The Morgan fingerprint density at radius 3 is 2.37 bits per heavy atom. The van der Waals surface area contributed by atoms with Crippen molar-refractivity contribution in [2.24, 2.45) is 16.7 Å². The Labute approximate surface area is 119 Å². The van der Waals surface area contributed by atoms with E-state index < -0.39 is 10.0 Å². The number of hydrogen-bond donors (Lipinski definition) is 1. The first kappa shape index (κ1) is 14.8. The summed E-state index contributed by atoms with van der Waals surface area (Å²) >= 11 is 5.82. The van der Waals surface area contributed by atoms with Gasteiger partial charge in [0, 0.05) is 12.7 Å². The van der Waals surface area contributed by atoms with Gasteiger partial charge in [-0.05, 0) is 28.9 Å². The van der Waals surface area contributed by atoms with Crippen molar-refractivity contribution in [3.63, 3.8) is 0 Å². The molecule has 19 heavy (non-hydrogen) atoms. The average Bonchev–Trinajstić information content (AvgIpc) is 2.67. The van der Waals surface area contributed by atoms with Gasteiger partial charge in [0.25, 0.3) is 0 Å². The molecule has 4 nitrogen and oxygen atoms in total. The molecule has 1 aromatic heterocycles. The van der Waals surface area contributed by atoms with E-state index in [1.54, 1.807) is 6.07 Å². The number of aromatic nitrogens is 1. The van der Waals surface area contributed by atoms with Gasteiger partial charge in [-0.15, -0.1) is 0 Å². The second-order valence-corrected chi connectivity index (χ2v) is 8.23. The van der Waals surface area contributed by atoms with Crippen LogP contribution in [0.15, 0.2) is 23.2 Å². The van der Waals surface area contributed by atoms with Gasteiger partial charge in [0.1, 0.15) is 10.0 Å². The molecule has 0 atom stereocenters. The fourth-order valence-electron chi connectivity index (χ4n) is 2.69. The van der Waals surface area contributed by atoms with Crippen LogP contribution in [0.2, 0.25) is 5.15 Å². The first-order valence-electron chi connectivity index (χ1n) is 6.21. The third-order valence-corrected chi connectivity index (χ3v) is 6.68. The van der Waals surface area contributed by atoms with E-state index in [2.05, 4.69) is 37.4 Å². The van der Waals surface area contributed by atoms with Crippen molar-refractivity contribution in [1.29, 1.82) is 0 Å². The van der Waals surface area contributed by atoms with Crippen LogP contribution in [-0.4, -0.2) is 19.9 Å². The highest BCUT2D eigenvalue weighted by Gasteiger charge is 2.64. The Morgan fingerprint density at radius 2 is 1.89 bits per heavy atom. The van der Waals surface area contributed by atoms with Gasteiger partial charge < -0.3 is 0 Å². The van der Waals surface area contributed by atoms with Crippen molar-refractivity contribution in [2.45, 2.75) is 32.6 Å². The number of pyridine rings is 1. The van der Waals surface area contributed by atoms with Crippen molar-refractivity contribution < 1.29 is 8.42 Å². The predicted octanol–water partition coefficient (Wildman–Crippen LogP) is 2.70. The van der Waals surface area contributed by atoms with Crippen LogP contribution in [0.4, 0.5) is 0 Å². The zero-order valence-electron chi connectivity index (χ0n) is 11.6. The average molecular weight is 303 g/mol. The lowest BCUT2D eigenvalue weighted by Gasteiger charge is -2.08. The molecule has 1 aromatic rings. The minimum Gasteiger partial charge on any atom is -0.243 e. The van der Waals surface area contributed by atoms with E-state index in [1.165, 1.54) is 12.3 Å². The molecule has 6 heteroatoms. The van der Waals surface area contributed by atoms with Crippen LogP contribution in [-0.2, 0) is 10.0 Å². The highest BCUT2D eigenvalue weighted by Crippen LogP contribution is 2.67. The van der Waals surface area contributed by atoms with Gasteiger partial charge in [0.05, 0.1) is 0 Å². The number of nitrogens with zero attached hydrogens (tertiary/aromatic N) is 1. The van der Waals surface area contributed by atoms with Gasteiger partial charge in [0.15, 0.2) is 0 Å². The SMILES string of the molecule is CC1(C)C(CNS(=O)(=O)c2cccnc2Cl)C1(C)C. The van der Waals surface area contributed by atoms with Crippen LogP contribution in [0.3, 0.4) is 0 Å². The van der Waals surface area contributed by atoms with Crippen LogP contribution in [0.1, 0.15) is 27.7 Å². The van der Waals surface area contributed by atoms with E-state index in [1.807, 2.05) is 0 Å². The fraction of sp³-hybridized carbons (Fsp3) is 0.615. The van der Waals surface area contributed by atoms with Gasteiger partial charge >= 0.3 is 0 Å². The molecule has 1 heterocycles. The summed E-state index contributed by atoms with van der Waals surface area (Å²) in [5.74, 6) is 0.324. The molecular formula is C13H19ClN2O2S. The molecule has 0 spiro atoms. The highest BCUT2D eigenvalue weighted by atomic mass is 35.5. The minimum absolute atomic E-state index is 0.00400. The van der Waals surface area contributed by atoms with E-state index in [0.29, 0.717) is 12.5 Å². The molecule has 0 amide bonds. The molecule has 1 aliphatic carbocycles. The largest absolute Gasteiger partial charge is 0.243 e. The van der Waals surface area contributed by atoms with Gasteiger partial charge in [0.2, 0.25) is 10.0 Å². The first-order chi connectivity index (χ1) is 8.61. The normalized spacial score (nSPS) is 21.3. The van der Waals surface area contributed by atoms with Crippen LogP contribution >= 0.6 is 11.6 Å². The van der Waals surface area contributed by atoms with Gasteiger partial charge in [-0.2, -0.15) is 0 Å². The molecule has 1 saturated carbocycles. The third kappa shape index (κ3) is 2.39. The number of rotatable bonds is 4. The molecule has 2 rings (SSSR count). The van der Waals surface area contributed by atoms with Crippen molar-refractivity contribution >= 4 is 21.6 Å². The van der Waals surface area contributed by atoms with Gasteiger partial charge in [-0.25, -0.2) is 18.1 Å². The quantitative estimate of drug-likeness (QED) is 0.870. The second-order valence-electron chi connectivity index (χ2n) is 6.14. The lowest BCUT2D eigenvalue weighted by Crippen LogP contribution is -2.27. The lowest BCUT2D eigenvalue weighted by molar-refractivity contribution is 0.457. The molecule has 0 aliphatic heterocycles. The third-order valence-electron chi connectivity index (χ3n) is 4.81. The van der Waals surface area contributed by atoms with E-state index in [9.17, 15) is 8.42 Å². The second kappa shape index (κ2) is 4.43. The van der Waals surface area contributed by atoms with Crippen molar-refractivity contribution in [1.82, 2.24) is 9.71 Å². The maximum absolute atomic E-state index is 12.2. The Morgan fingerprint density at radius 1 is 1.32 bits per heavy atom.